The molecule has 0 atom stereocenters. The molecule has 19 heavy (non-hydrogen) atoms. The summed E-state index contributed by atoms with van der Waals surface area (Å²) in [5.41, 5.74) is 0. The van der Waals surface area contributed by atoms with Gasteiger partial charge in [0.05, 0.1) is 0 Å². The highest BCUT2D eigenvalue weighted by atomic mass is 35.5. The van der Waals surface area contributed by atoms with E-state index >= 15 is 0 Å². The quantitative estimate of drug-likeness (QED) is 0.574. The summed E-state index contributed by atoms with van der Waals surface area (Å²) in [6.45, 7) is 7.46. The molecular weight excluding hydrogens is 272 g/mol. The number of hydrogen-bond acceptors (Lipinski definition) is 1. The average molecular weight is 299 g/mol. The van der Waals surface area contributed by atoms with Gasteiger partial charge in [-0.15, -0.1) is 0 Å². The van der Waals surface area contributed by atoms with E-state index < -0.39 is 8.32 Å². The summed E-state index contributed by atoms with van der Waals surface area (Å²) < 4.78 is 6.36. The van der Waals surface area contributed by atoms with Crippen LogP contribution in [-0.4, -0.2) is 14.9 Å². The molecule has 0 N–H and O–H groups in total. The van der Waals surface area contributed by atoms with Crippen LogP contribution >= 0.6 is 11.6 Å². The highest BCUT2D eigenvalue weighted by molar-refractivity contribution is 6.86. The van der Waals surface area contributed by atoms with Crippen molar-refractivity contribution >= 4 is 25.1 Å². The monoisotopic (exact) mass is 298 g/mol. The number of rotatable bonds is 9. The minimum atomic E-state index is -1.80. The lowest BCUT2D eigenvalue weighted by Crippen LogP contribution is -2.50. The SMILES string of the molecule is CCCC[Si](CCCC)(OCC)c1ccc(Cl)cc1. The summed E-state index contributed by atoms with van der Waals surface area (Å²) in [5.74, 6) is 0. The zero-order valence-electron chi connectivity index (χ0n) is 12.5. The van der Waals surface area contributed by atoms with E-state index in [1.807, 2.05) is 12.1 Å². The zero-order chi connectivity index (χ0) is 14.1. The second-order valence-electron chi connectivity index (χ2n) is 5.14. The van der Waals surface area contributed by atoms with E-state index in [0.717, 1.165) is 11.6 Å². The summed E-state index contributed by atoms with van der Waals surface area (Å²) in [5, 5.41) is 2.23. The second kappa shape index (κ2) is 8.78. The molecule has 0 aliphatic rings. The molecular formula is C16H27ClOSi. The van der Waals surface area contributed by atoms with Gasteiger partial charge in [0.1, 0.15) is 0 Å². The van der Waals surface area contributed by atoms with Gasteiger partial charge in [0.15, 0.2) is 0 Å². The van der Waals surface area contributed by atoms with Gasteiger partial charge < -0.3 is 4.43 Å². The van der Waals surface area contributed by atoms with Crippen molar-refractivity contribution in [1.29, 1.82) is 0 Å². The summed E-state index contributed by atoms with van der Waals surface area (Å²) in [6, 6.07) is 10.9. The van der Waals surface area contributed by atoms with E-state index in [4.69, 9.17) is 16.0 Å². The molecule has 1 aromatic rings. The highest BCUT2D eigenvalue weighted by Gasteiger charge is 2.35. The van der Waals surface area contributed by atoms with E-state index in [1.165, 1.54) is 43.0 Å². The Labute approximate surface area is 124 Å². The maximum atomic E-state index is 6.36. The highest BCUT2D eigenvalue weighted by Crippen LogP contribution is 2.24. The van der Waals surface area contributed by atoms with Crippen LogP contribution in [0.4, 0.5) is 0 Å². The lowest BCUT2D eigenvalue weighted by Gasteiger charge is -2.32. The molecule has 0 amide bonds. The van der Waals surface area contributed by atoms with Crippen LogP contribution in [0.3, 0.4) is 0 Å². The lowest BCUT2D eigenvalue weighted by molar-refractivity contribution is 0.326. The van der Waals surface area contributed by atoms with Crippen molar-refractivity contribution in [2.75, 3.05) is 6.61 Å². The maximum Gasteiger partial charge on any atom is 0.224 e. The van der Waals surface area contributed by atoms with Crippen molar-refractivity contribution in [3.05, 3.63) is 29.3 Å². The summed E-state index contributed by atoms with van der Waals surface area (Å²) in [4.78, 5) is 0. The van der Waals surface area contributed by atoms with Crippen molar-refractivity contribution in [3.8, 4) is 0 Å². The van der Waals surface area contributed by atoms with Gasteiger partial charge in [0, 0.05) is 11.6 Å². The Bertz CT molecular complexity index is 342. The van der Waals surface area contributed by atoms with Crippen LogP contribution < -0.4 is 5.19 Å². The van der Waals surface area contributed by atoms with E-state index in [9.17, 15) is 0 Å². The molecule has 1 rings (SSSR count). The number of hydrogen-bond donors (Lipinski definition) is 0. The van der Waals surface area contributed by atoms with Crippen molar-refractivity contribution in [3.63, 3.8) is 0 Å². The minimum Gasteiger partial charge on any atom is -0.413 e. The molecule has 0 radical (unpaired) electrons. The summed E-state index contributed by atoms with van der Waals surface area (Å²) in [6.07, 6.45) is 5.00. The Morgan fingerprint density at radius 3 is 1.89 bits per heavy atom. The fourth-order valence-corrected chi connectivity index (χ4v) is 7.18. The number of unbranched alkanes of at least 4 members (excludes halogenated alkanes) is 2. The summed E-state index contributed by atoms with van der Waals surface area (Å²) >= 11 is 6.02. The second-order valence-corrected chi connectivity index (χ2v) is 9.43. The molecule has 0 aliphatic heterocycles. The van der Waals surface area contributed by atoms with E-state index in [2.05, 4.69) is 32.9 Å². The van der Waals surface area contributed by atoms with Crippen LogP contribution in [0.15, 0.2) is 24.3 Å². The average Bonchev–Trinajstić information content (AvgIpc) is 2.43. The number of benzene rings is 1. The van der Waals surface area contributed by atoms with Crippen LogP contribution in [0.25, 0.3) is 0 Å². The lowest BCUT2D eigenvalue weighted by atomic mass is 10.4. The first-order valence-corrected chi connectivity index (χ1v) is 10.3. The van der Waals surface area contributed by atoms with Crippen LogP contribution in [0.1, 0.15) is 46.5 Å². The molecule has 0 spiro atoms. The predicted molar refractivity (Wildman–Crippen MR) is 87.9 cm³/mol. The molecule has 0 bridgehead atoms. The first kappa shape index (κ1) is 16.7. The molecule has 1 nitrogen and oxygen atoms in total. The Kier molecular flexibility index (Phi) is 7.73. The third kappa shape index (κ3) is 4.94. The van der Waals surface area contributed by atoms with Gasteiger partial charge in [-0.3, -0.25) is 0 Å². The minimum absolute atomic E-state index is 0.814. The molecule has 0 saturated carbocycles. The van der Waals surface area contributed by atoms with E-state index in [0.29, 0.717) is 0 Å². The predicted octanol–water partition coefficient (Wildman–Crippen LogP) is 5.13. The first-order valence-electron chi connectivity index (χ1n) is 7.58. The van der Waals surface area contributed by atoms with Gasteiger partial charge in [-0.1, -0.05) is 63.3 Å². The molecule has 3 heteroatoms. The Morgan fingerprint density at radius 1 is 0.947 bits per heavy atom. The van der Waals surface area contributed by atoms with Gasteiger partial charge in [-0.25, -0.2) is 0 Å². The molecule has 0 saturated heterocycles. The molecule has 0 aromatic heterocycles. The van der Waals surface area contributed by atoms with Gasteiger partial charge >= 0.3 is 0 Å². The van der Waals surface area contributed by atoms with Crippen molar-refractivity contribution in [2.24, 2.45) is 0 Å². The normalized spacial score (nSPS) is 11.8. The fourth-order valence-electron chi connectivity index (χ4n) is 2.60. The Balaban J connectivity index is 3.00. The topological polar surface area (TPSA) is 9.23 Å². The Morgan fingerprint density at radius 2 is 1.47 bits per heavy atom. The molecule has 0 heterocycles. The molecule has 0 fully saturated rings. The molecule has 108 valence electrons. The van der Waals surface area contributed by atoms with Gasteiger partial charge in [0.2, 0.25) is 8.32 Å². The molecule has 0 unspecified atom stereocenters. The van der Waals surface area contributed by atoms with Crippen molar-refractivity contribution in [2.45, 2.75) is 58.5 Å². The third-order valence-corrected chi connectivity index (χ3v) is 8.46. The van der Waals surface area contributed by atoms with Crippen molar-refractivity contribution < 1.29 is 4.43 Å². The van der Waals surface area contributed by atoms with E-state index in [-0.39, 0.29) is 0 Å². The molecule has 1 aromatic carbocycles. The van der Waals surface area contributed by atoms with Gasteiger partial charge in [-0.05, 0) is 36.3 Å². The summed E-state index contributed by atoms with van der Waals surface area (Å²) in [7, 11) is -1.80. The van der Waals surface area contributed by atoms with Gasteiger partial charge in [-0.2, -0.15) is 0 Å². The van der Waals surface area contributed by atoms with E-state index in [1.54, 1.807) is 0 Å². The molecule has 0 aliphatic carbocycles. The smallest absolute Gasteiger partial charge is 0.224 e. The van der Waals surface area contributed by atoms with Crippen molar-refractivity contribution in [1.82, 2.24) is 0 Å². The third-order valence-electron chi connectivity index (χ3n) is 3.66. The van der Waals surface area contributed by atoms with Gasteiger partial charge in [0.25, 0.3) is 0 Å². The first-order chi connectivity index (χ1) is 9.18. The standard InChI is InChI=1S/C16H27ClOSi/c1-4-7-13-19(18-6-3,14-8-5-2)16-11-9-15(17)10-12-16/h9-12H,4-8,13-14H2,1-3H3. The number of halogens is 1. The van der Waals surface area contributed by atoms with Crippen LogP contribution in [0.2, 0.25) is 17.1 Å². The maximum absolute atomic E-state index is 6.36. The zero-order valence-corrected chi connectivity index (χ0v) is 14.3. The fraction of sp³-hybridized carbons (Fsp3) is 0.625. The van der Waals surface area contributed by atoms with Crippen LogP contribution in [0.5, 0.6) is 0 Å². The largest absolute Gasteiger partial charge is 0.413 e. The van der Waals surface area contributed by atoms with Crippen LogP contribution in [0, 0.1) is 0 Å². The van der Waals surface area contributed by atoms with Crippen LogP contribution in [-0.2, 0) is 4.43 Å². The Hall–Kier alpha value is -0.313.